The van der Waals surface area contributed by atoms with Crippen LogP contribution in [0.3, 0.4) is 0 Å². The molecule has 1 aromatic heterocycles. The van der Waals surface area contributed by atoms with Crippen LogP contribution in [-0.2, 0) is 33.4 Å². The molecule has 0 bridgehead atoms. The minimum Gasteiger partial charge on any atom is -0.376 e. The number of carbonyl (C=O) groups is 1. The predicted molar refractivity (Wildman–Crippen MR) is 125 cm³/mol. The quantitative estimate of drug-likeness (QED) is 0.479. The van der Waals surface area contributed by atoms with Crippen LogP contribution in [0.5, 0.6) is 0 Å². The van der Waals surface area contributed by atoms with E-state index in [0.717, 1.165) is 12.8 Å². The number of carbonyl (C=O) groups excluding carboxylic acids is 1. The molecular weight excluding hydrogens is 438 g/mol. The Morgan fingerprint density at radius 3 is 2.45 bits per heavy atom. The van der Waals surface area contributed by atoms with Gasteiger partial charge in [-0.15, -0.1) is 0 Å². The van der Waals surface area contributed by atoms with Crippen molar-refractivity contribution in [1.82, 2.24) is 14.5 Å². The van der Waals surface area contributed by atoms with Crippen molar-refractivity contribution in [3.8, 4) is 0 Å². The molecule has 1 fully saturated rings. The number of imidazole rings is 1. The molecule has 8 heteroatoms. The molecule has 1 amide bonds. The maximum absolute atomic E-state index is 13.3. The molecule has 0 spiro atoms. The lowest BCUT2D eigenvalue weighted by atomic mass is 10.2. The highest BCUT2D eigenvalue weighted by molar-refractivity contribution is 7.90. The van der Waals surface area contributed by atoms with E-state index in [2.05, 4.69) is 4.98 Å². The molecule has 2 heterocycles. The number of sulfone groups is 1. The van der Waals surface area contributed by atoms with E-state index in [1.807, 2.05) is 43.3 Å². The van der Waals surface area contributed by atoms with Crippen LogP contribution < -0.4 is 0 Å². The molecule has 0 aliphatic carbocycles. The van der Waals surface area contributed by atoms with E-state index in [0.29, 0.717) is 36.5 Å². The number of amides is 1. The Bertz CT molecular complexity index is 1170. The van der Waals surface area contributed by atoms with Crippen molar-refractivity contribution in [2.75, 3.05) is 13.2 Å². The Morgan fingerprint density at radius 1 is 1.12 bits per heavy atom. The molecule has 0 radical (unpaired) electrons. The van der Waals surface area contributed by atoms with Gasteiger partial charge in [-0.25, -0.2) is 13.4 Å². The molecule has 33 heavy (non-hydrogen) atoms. The summed E-state index contributed by atoms with van der Waals surface area (Å²) >= 11 is 0. The molecule has 0 N–H and O–H groups in total. The number of ether oxygens (including phenoxy) is 1. The van der Waals surface area contributed by atoms with Crippen molar-refractivity contribution in [1.29, 1.82) is 0 Å². The third-order valence-corrected chi connectivity index (χ3v) is 7.43. The monoisotopic (exact) mass is 467 g/mol. The molecule has 2 aromatic carbocycles. The standard InChI is InChI=1S/C25H29N3O4S/c1-2-27(24(29)21-12-7-4-8-13-21)17-22-16-26-25(28(22)18-23-14-9-15-32-23)33(30,31)19-20-10-5-3-6-11-20/h3-8,10-13,16,23H,2,9,14-15,17-19H2,1H3. The molecule has 174 valence electrons. The normalized spacial score (nSPS) is 16.1. The van der Waals surface area contributed by atoms with E-state index >= 15 is 0 Å². The molecule has 3 aromatic rings. The average molecular weight is 468 g/mol. The average Bonchev–Trinajstić information content (AvgIpc) is 3.49. The summed E-state index contributed by atoms with van der Waals surface area (Å²) in [5.41, 5.74) is 1.99. The minimum absolute atomic E-state index is 0.0278. The van der Waals surface area contributed by atoms with Gasteiger partial charge in [0.1, 0.15) is 0 Å². The summed E-state index contributed by atoms with van der Waals surface area (Å²) in [6, 6.07) is 18.2. The lowest BCUT2D eigenvalue weighted by Gasteiger charge is -2.23. The van der Waals surface area contributed by atoms with Crippen molar-refractivity contribution in [3.63, 3.8) is 0 Å². The van der Waals surface area contributed by atoms with Crippen LogP contribution in [0.15, 0.2) is 72.0 Å². The van der Waals surface area contributed by atoms with Gasteiger partial charge in [-0.05, 0) is 37.5 Å². The number of aromatic nitrogens is 2. The van der Waals surface area contributed by atoms with Crippen LogP contribution >= 0.6 is 0 Å². The topological polar surface area (TPSA) is 81.5 Å². The molecule has 1 aliphatic rings. The van der Waals surface area contributed by atoms with Crippen LogP contribution in [0.2, 0.25) is 0 Å². The van der Waals surface area contributed by atoms with Crippen molar-refractivity contribution in [2.24, 2.45) is 0 Å². The van der Waals surface area contributed by atoms with E-state index < -0.39 is 9.84 Å². The summed E-state index contributed by atoms with van der Waals surface area (Å²) in [5, 5.41) is 0.0278. The summed E-state index contributed by atoms with van der Waals surface area (Å²) in [7, 11) is -3.69. The first kappa shape index (κ1) is 23.2. The summed E-state index contributed by atoms with van der Waals surface area (Å²) in [6.45, 7) is 3.74. The third kappa shape index (κ3) is 5.51. The van der Waals surface area contributed by atoms with E-state index in [1.54, 1.807) is 39.9 Å². The first-order valence-electron chi connectivity index (χ1n) is 11.2. The molecule has 4 rings (SSSR count). The molecule has 1 aliphatic heterocycles. The molecule has 1 atom stereocenters. The first-order chi connectivity index (χ1) is 16.0. The summed E-state index contributed by atoms with van der Waals surface area (Å²) < 4.78 is 34.2. The summed E-state index contributed by atoms with van der Waals surface area (Å²) in [5.74, 6) is -0.229. The second-order valence-corrected chi connectivity index (χ2v) is 10.1. The van der Waals surface area contributed by atoms with Gasteiger partial charge in [0.25, 0.3) is 5.91 Å². The third-order valence-electron chi connectivity index (χ3n) is 5.83. The van der Waals surface area contributed by atoms with E-state index in [9.17, 15) is 13.2 Å². The van der Waals surface area contributed by atoms with Gasteiger partial charge in [0.05, 0.1) is 36.8 Å². The van der Waals surface area contributed by atoms with Crippen LogP contribution in [0.4, 0.5) is 0 Å². The van der Waals surface area contributed by atoms with Gasteiger partial charge >= 0.3 is 0 Å². The largest absolute Gasteiger partial charge is 0.376 e. The molecular formula is C25H29N3O4S. The molecule has 0 saturated carbocycles. The zero-order valence-electron chi connectivity index (χ0n) is 18.8. The van der Waals surface area contributed by atoms with Gasteiger partial charge in [0.2, 0.25) is 15.0 Å². The molecule has 1 saturated heterocycles. The van der Waals surface area contributed by atoms with Crippen molar-refractivity contribution < 1.29 is 17.9 Å². The first-order valence-corrected chi connectivity index (χ1v) is 12.9. The number of hydrogen-bond donors (Lipinski definition) is 0. The Balaban J connectivity index is 1.64. The Kier molecular flexibility index (Phi) is 7.25. The fraction of sp³-hybridized carbons (Fsp3) is 0.360. The Hall–Kier alpha value is -2.97. The maximum atomic E-state index is 13.3. The van der Waals surface area contributed by atoms with Crippen LogP contribution in [0.1, 0.15) is 41.4 Å². The van der Waals surface area contributed by atoms with Gasteiger partial charge in [-0.3, -0.25) is 4.79 Å². The SMILES string of the molecule is CCN(Cc1cnc(S(=O)(=O)Cc2ccccc2)n1CC1CCCO1)C(=O)c1ccccc1. The van der Waals surface area contributed by atoms with E-state index in [-0.39, 0.29) is 29.5 Å². The Morgan fingerprint density at radius 2 is 1.82 bits per heavy atom. The molecule has 7 nitrogen and oxygen atoms in total. The fourth-order valence-electron chi connectivity index (χ4n) is 4.10. The van der Waals surface area contributed by atoms with Crippen LogP contribution in [0, 0.1) is 0 Å². The van der Waals surface area contributed by atoms with E-state index in [1.165, 1.54) is 0 Å². The van der Waals surface area contributed by atoms with Crippen molar-refractivity contribution >= 4 is 15.7 Å². The number of rotatable bonds is 9. The van der Waals surface area contributed by atoms with Crippen LogP contribution in [0.25, 0.3) is 0 Å². The van der Waals surface area contributed by atoms with Gasteiger partial charge in [0, 0.05) is 18.7 Å². The minimum atomic E-state index is -3.69. The van der Waals surface area contributed by atoms with Gasteiger partial charge < -0.3 is 14.2 Å². The highest BCUT2D eigenvalue weighted by Crippen LogP contribution is 2.23. The summed E-state index contributed by atoms with van der Waals surface area (Å²) in [4.78, 5) is 19.1. The lowest BCUT2D eigenvalue weighted by Crippen LogP contribution is -2.32. The maximum Gasteiger partial charge on any atom is 0.254 e. The Labute approximate surface area is 194 Å². The van der Waals surface area contributed by atoms with Gasteiger partial charge in [0.15, 0.2) is 0 Å². The number of nitrogens with zero attached hydrogens (tertiary/aromatic N) is 3. The zero-order chi connectivity index (χ0) is 23.3. The highest BCUT2D eigenvalue weighted by atomic mass is 32.2. The van der Waals surface area contributed by atoms with Crippen molar-refractivity contribution in [3.05, 3.63) is 83.7 Å². The van der Waals surface area contributed by atoms with E-state index in [4.69, 9.17) is 4.74 Å². The molecule has 1 unspecified atom stereocenters. The smallest absolute Gasteiger partial charge is 0.254 e. The second-order valence-electron chi connectivity index (χ2n) is 8.21. The second kappa shape index (κ2) is 10.3. The highest BCUT2D eigenvalue weighted by Gasteiger charge is 2.28. The zero-order valence-corrected chi connectivity index (χ0v) is 19.6. The van der Waals surface area contributed by atoms with Crippen LogP contribution in [-0.4, -0.2) is 48.0 Å². The van der Waals surface area contributed by atoms with Gasteiger partial charge in [-0.2, -0.15) is 0 Å². The van der Waals surface area contributed by atoms with Crippen molar-refractivity contribution in [2.45, 2.75) is 49.9 Å². The number of benzene rings is 2. The van der Waals surface area contributed by atoms with Gasteiger partial charge in [-0.1, -0.05) is 48.5 Å². The summed E-state index contributed by atoms with van der Waals surface area (Å²) in [6.07, 6.45) is 3.33. The number of hydrogen-bond acceptors (Lipinski definition) is 5. The lowest BCUT2D eigenvalue weighted by molar-refractivity contribution is 0.0741. The fourth-order valence-corrected chi connectivity index (χ4v) is 5.60. The predicted octanol–water partition coefficient (Wildman–Crippen LogP) is 3.70.